The number of carboxylic acid groups (broad SMARTS) is 1. The van der Waals surface area contributed by atoms with E-state index in [1.165, 1.54) is 6.92 Å². The Bertz CT molecular complexity index is 682. The van der Waals surface area contributed by atoms with Gasteiger partial charge in [-0.3, -0.25) is 0 Å². The molecule has 2 rings (SSSR count). The van der Waals surface area contributed by atoms with Crippen LogP contribution in [0.25, 0.3) is 0 Å². The summed E-state index contributed by atoms with van der Waals surface area (Å²) in [7, 11) is 0. The number of carbonyl (C=O) groups is 1. The molecule has 116 valence electrons. The van der Waals surface area contributed by atoms with Crippen LogP contribution in [0.5, 0.6) is 5.75 Å². The monoisotopic (exact) mass is 306 g/mol. The van der Waals surface area contributed by atoms with E-state index < -0.39 is 18.0 Å². The molecule has 0 aliphatic carbocycles. The summed E-state index contributed by atoms with van der Waals surface area (Å²) >= 11 is 0. The van der Waals surface area contributed by atoms with E-state index in [-0.39, 0.29) is 17.9 Å². The molecule has 3 nitrogen and oxygen atoms in total. The number of benzene rings is 2. The molecule has 0 aliphatic heterocycles. The predicted molar refractivity (Wildman–Crippen MR) is 78.6 cm³/mol. The molecule has 2 aromatic carbocycles. The van der Waals surface area contributed by atoms with Gasteiger partial charge in [0, 0.05) is 5.56 Å². The van der Waals surface area contributed by atoms with Crippen LogP contribution in [0.4, 0.5) is 8.78 Å². The Morgan fingerprint density at radius 1 is 1.18 bits per heavy atom. The third-order valence-electron chi connectivity index (χ3n) is 3.57. The lowest BCUT2D eigenvalue weighted by atomic mass is 9.96. The number of halogens is 2. The van der Waals surface area contributed by atoms with Crippen molar-refractivity contribution in [2.75, 3.05) is 0 Å². The largest absolute Gasteiger partial charge is 0.489 e. The van der Waals surface area contributed by atoms with Gasteiger partial charge in [-0.05, 0) is 36.6 Å². The quantitative estimate of drug-likeness (QED) is 0.883. The van der Waals surface area contributed by atoms with Crippen molar-refractivity contribution in [3.05, 3.63) is 64.2 Å². The molecule has 0 spiro atoms. The van der Waals surface area contributed by atoms with Crippen LogP contribution >= 0.6 is 0 Å². The molecule has 2 aromatic rings. The Morgan fingerprint density at radius 3 is 2.36 bits per heavy atom. The zero-order valence-electron chi connectivity index (χ0n) is 12.3. The number of aromatic carboxylic acids is 1. The molecule has 0 heterocycles. The van der Waals surface area contributed by atoms with Gasteiger partial charge < -0.3 is 9.84 Å². The Labute approximate surface area is 127 Å². The summed E-state index contributed by atoms with van der Waals surface area (Å²) in [6.45, 7) is 3.41. The fraction of sp³-hybridized carbons (Fsp3) is 0.235. The van der Waals surface area contributed by atoms with Gasteiger partial charge >= 0.3 is 5.97 Å². The highest BCUT2D eigenvalue weighted by Gasteiger charge is 2.24. The SMILES string of the molecule is Cc1c(OCc2ccccc2)cc(C(F)F)c(C(=O)O)c1C. The molecular formula is C17H16F2O3. The van der Waals surface area contributed by atoms with Gasteiger partial charge in [-0.15, -0.1) is 0 Å². The van der Waals surface area contributed by atoms with Gasteiger partial charge in [0.15, 0.2) is 0 Å². The zero-order valence-corrected chi connectivity index (χ0v) is 12.3. The summed E-state index contributed by atoms with van der Waals surface area (Å²) in [6.07, 6.45) is -2.87. The highest BCUT2D eigenvalue weighted by atomic mass is 19.3. The fourth-order valence-electron chi connectivity index (χ4n) is 2.25. The number of hydrogen-bond donors (Lipinski definition) is 1. The van der Waals surface area contributed by atoms with Gasteiger partial charge in [-0.1, -0.05) is 30.3 Å². The van der Waals surface area contributed by atoms with Crippen LogP contribution in [-0.4, -0.2) is 11.1 Å². The standard InChI is InChI=1S/C17H16F2O3/c1-10-11(2)15(17(20)21)13(16(18)19)8-14(10)22-9-12-6-4-3-5-7-12/h3-8,16H,9H2,1-2H3,(H,20,21). The molecular weight excluding hydrogens is 290 g/mol. The van der Waals surface area contributed by atoms with Crippen molar-refractivity contribution in [2.45, 2.75) is 26.9 Å². The smallest absolute Gasteiger partial charge is 0.336 e. The summed E-state index contributed by atoms with van der Waals surface area (Å²) in [4.78, 5) is 11.2. The normalized spacial score (nSPS) is 10.8. The van der Waals surface area contributed by atoms with Crippen molar-refractivity contribution < 1.29 is 23.4 Å². The van der Waals surface area contributed by atoms with Crippen LogP contribution in [0, 0.1) is 13.8 Å². The van der Waals surface area contributed by atoms with E-state index in [0.29, 0.717) is 11.1 Å². The number of hydrogen-bond acceptors (Lipinski definition) is 2. The highest BCUT2D eigenvalue weighted by Crippen LogP contribution is 2.34. The van der Waals surface area contributed by atoms with Crippen molar-refractivity contribution in [1.29, 1.82) is 0 Å². The average Bonchev–Trinajstić information content (AvgIpc) is 2.48. The Balaban J connectivity index is 2.38. The molecule has 5 heteroatoms. The van der Waals surface area contributed by atoms with Gasteiger partial charge in [-0.2, -0.15) is 0 Å². The molecule has 0 saturated heterocycles. The average molecular weight is 306 g/mol. The maximum atomic E-state index is 13.1. The van der Waals surface area contributed by atoms with Gasteiger partial charge in [0.05, 0.1) is 5.56 Å². The lowest BCUT2D eigenvalue weighted by Crippen LogP contribution is -2.09. The van der Waals surface area contributed by atoms with Crippen molar-refractivity contribution in [3.63, 3.8) is 0 Å². The number of carboxylic acids is 1. The van der Waals surface area contributed by atoms with Crippen molar-refractivity contribution in [2.24, 2.45) is 0 Å². The first-order chi connectivity index (χ1) is 10.4. The minimum absolute atomic E-state index is 0.232. The maximum absolute atomic E-state index is 13.1. The van der Waals surface area contributed by atoms with Gasteiger partial charge in [-0.25, -0.2) is 13.6 Å². The second kappa shape index (κ2) is 6.56. The number of alkyl halides is 2. The van der Waals surface area contributed by atoms with Crippen molar-refractivity contribution in [1.82, 2.24) is 0 Å². The van der Waals surface area contributed by atoms with E-state index in [1.54, 1.807) is 6.92 Å². The molecule has 0 aliphatic rings. The van der Waals surface area contributed by atoms with E-state index in [0.717, 1.165) is 11.6 Å². The van der Waals surface area contributed by atoms with Crippen LogP contribution in [0.3, 0.4) is 0 Å². The molecule has 22 heavy (non-hydrogen) atoms. The first kappa shape index (κ1) is 15.9. The highest BCUT2D eigenvalue weighted by molar-refractivity contribution is 5.92. The molecule has 1 N–H and O–H groups in total. The molecule has 0 saturated carbocycles. The fourth-order valence-corrected chi connectivity index (χ4v) is 2.25. The number of rotatable bonds is 5. The van der Waals surface area contributed by atoms with Crippen molar-refractivity contribution in [3.8, 4) is 5.75 Å². The summed E-state index contributed by atoms with van der Waals surface area (Å²) in [6, 6.07) is 10.4. The molecule has 0 unspecified atom stereocenters. The Hall–Kier alpha value is -2.43. The van der Waals surface area contributed by atoms with Crippen LogP contribution in [0.1, 0.15) is 39.0 Å². The lowest BCUT2D eigenvalue weighted by molar-refractivity contribution is 0.0683. The first-order valence-corrected chi connectivity index (χ1v) is 6.74. The second-order valence-electron chi connectivity index (χ2n) is 4.97. The lowest BCUT2D eigenvalue weighted by Gasteiger charge is -2.16. The first-order valence-electron chi connectivity index (χ1n) is 6.74. The molecule has 0 aromatic heterocycles. The van der Waals surface area contributed by atoms with Crippen LogP contribution in [0.2, 0.25) is 0 Å². The van der Waals surface area contributed by atoms with Crippen LogP contribution in [0.15, 0.2) is 36.4 Å². The van der Waals surface area contributed by atoms with Gasteiger partial charge in [0.2, 0.25) is 0 Å². The van der Waals surface area contributed by atoms with Gasteiger partial charge in [0.1, 0.15) is 12.4 Å². The van der Waals surface area contributed by atoms with E-state index in [2.05, 4.69) is 0 Å². The van der Waals surface area contributed by atoms with E-state index in [4.69, 9.17) is 9.84 Å². The molecule has 0 radical (unpaired) electrons. The predicted octanol–water partition coefficient (Wildman–Crippen LogP) is 4.52. The van der Waals surface area contributed by atoms with Crippen LogP contribution in [-0.2, 0) is 6.61 Å². The third kappa shape index (κ3) is 3.24. The topological polar surface area (TPSA) is 46.5 Å². The second-order valence-corrected chi connectivity index (χ2v) is 4.97. The maximum Gasteiger partial charge on any atom is 0.336 e. The van der Waals surface area contributed by atoms with E-state index in [9.17, 15) is 13.6 Å². The summed E-state index contributed by atoms with van der Waals surface area (Å²) in [5.74, 6) is -1.08. The minimum Gasteiger partial charge on any atom is -0.489 e. The minimum atomic E-state index is -2.87. The Kier molecular flexibility index (Phi) is 4.75. The van der Waals surface area contributed by atoms with Gasteiger partial charge in [0.25, 0.3) is 6.43 Å². The zero-order chi connectivity index (χ0) is 16.3. The Morgan fingerprint density at radius 2 is 1.82 bits per heavy atom. The molecule has 0 amide bonds. The number of ether oxygens (including phenoxy) is 1. The summed E-state index contributed by atoms with van der Waals surface area (Å²) in [5.41, 5.74) is 0.893. The molecule has 0 bridgehead atoms. The molecule has 0 atom stereocenters. The van der Waals surface area contributed by atoms with E-state index >= 15 is 0 Å². The summed E-state index contributed by atoms with van der Waals surface area (Å²) in [5, 5.41) is 9.14. The van der Waals surface area contributed by atoms with Crippen molar-refractivity contribution >= 4 is 5.97 Å². The third-order valence-corrected chi connectivity index (χ3v) is 3.57. The molecule has 0 fully saturated rings. The van der Waals surface area contributed by atoms with E-state index in [1.807, 2.05) is 30.3 Å². The summed E-state index contributed by atoms with van der Waals surface area (Å²) < 4.78 is 31.9. The van der Waals surface area contributed by atoms with Crippen LogP contribution < -0.4 is 4.74 Å².